The number of ether oxygens (including phenoxy) is 2. The maximum absolute atomic E-state index is 15.4. The molecule has 4 aromatic carbocycles. The van der Waals surface area contributed by atoms with Crippen molar-refractivity contribution in [2.75, 3.05) is 24.0 Å². The molecule has 4 aliphatic rings. The molecule has 2 saturated heterocycles. The molecule has 0 spiro atoms. The molecule has 3 fully saturated rings. The number of aromatic nitrogens is 1. The molecule has 1 N–H and O–H groups in total. The smallest absolute Gasteiger partial charge is 0.258 e. The molecule has 3 heterocycles. The van der Waals surface area contributed by atoms with Crippen molar-refractivity contribution in [2.24, 2.45) is 17.8 Å². The zero-order chi connectivity index (χ0) is 42.0. The number of anilines is 2. The zero-order valence-electron chi connectivity index (χ0n) is 30.4. The van der Waals surface area contributed by atoms with Crippen LogP contribution in [-0.4, -0.2) is 57.7 Å². The topological polar surface area (TPSA) is 139 Å². The summed E-state index contributed by atoms with van der Waals surface area (Å²) < 4.78 is 91.3. The fourth-order valence-corrected chi connectivity index (χ4v) is 10.0. The lowest BCUT2D eigenvalue weighted by Crippen LogP contribution is -2.60. The number of phenolic OH excluding ortho intramolecular Hbond substituents is 1. The van der Waals surface area contributed by atoms with E-state index in [-0.39, 0.29) is 45.4 Å². The van der Waals surface area contributed by atoms with Crippen LogP contribution in [0, 0.1) is 46.8 Å². The fraction of sp³-hybridized carbons (Fsp3) is 0.244. The molecule has 1 saturated carbocycles. The van der Waals surface area contributed by atoms with Gasteiger partial charge < -0.3 is 19.0 Å². The summed E-state index contributed by atoms with van der Waals surface area (Å²) >= 11 is 14.5. The Bertz CT molecular complexity index is 2660. The number of nitrogens with zero attached hydrogens (tertiary/aromatic N) is 3. The minimum Gasteiger partial charge on any atom is -0.508 e. The molecule has 5 aromatic rings. The molecule has 1 aromatic heterocycles. The summed E-state index contributed by atoms with van der Waals surface area (Å²) in [5.74, 6) is -22.8. The normalized spacial score (nSPS) is 26.3. The standard InChI is InChI=1S/C41H26Cl2F5N3O8/c1-57-24-13-18(52)14-25(58-2)27(24)28-19-11-12-20-26(37(54)50(36(20)53)17-9-7-16(8-10-17)35-49-22-5-3-4-6-23(22)59-35)21(19)15-40(42)38(55)51(39(56)41(28,40)43)34-32(47)30(45)29(44)31(46)33(34)48/h3-11,13-14,20-21,26,28,52H,12,15H2,1-2H3. The van der Waals surface area contributed by atoms with Gasteiger partial charge in [-0.2, -0.15) is 0 Å². The monoisotopic (exact) mass is 853 g/mol. The predicted molar refractivity (Wildman–Crippen MR) is 200 cm³/mol. The second-order valence-corrected chi connectivity index (χ2v) is 15.7. The molecule has 6 unspecified atom stereocenters. The van der Waals surface area contributed by atoms with Crippen LogP contribution in [0.3, 0.4) is 0 Å². The van der Waals surface area contributed by atoms with Gasteiger partial charge in [0.2, 0.25) is 23.5 Å². The van der Waals surface area contributed by atoms with Gasteiger partial charge in [-0.3, -0.25) is 24.1 Å². The van der Waals surface area contributed by atoms with E-state index in [2.05, 4.69) is 4.98 Å². The summed E-state index contributed by atoms with van der Waals surface area (Å²) in [6.07, 6.45) is 0.709. The number of methoxy groups -OCH3 is 2. The minimum atomic E-state index is -2.84. The van der Waals surface area contributed by atoms with Gasteiger partial charge in [0.05, 0.1) is 31.7 Å². The second kappa shape index (κ2) is 13.3. The SMILES string of the molecule is COc1cc(O)cc(OC)c1C1C2=CCC3C(=O)N(c4ccc(-c5nc6ccccc6o5)cc4)C(=O)C3C2CC2(Cl)C(=O)N(c3c(F)c(F)c(F)c(F)c3F)C(=O)C12Cl. The highest BCUT2D eigenvalue weighted by atomic mass is 35.5. The summed E-state index contributed by atoms with van der Waals surface area (Å²) in [6.45, 7) is 0. The first kappa shape index (κ1) is 38.5. The molecule has 302 valence electrons. The third-order valence-corrected chi connectivity index (χ3v) is 13.1. The number of aromatic hydroxyl groups is 1. The number of allylic oxidation sites excluding steroid dienone is 2. The van der Waals surface area contributed by atoms with Crippen LogP contribution in [0.15, 0.2) is 76.7 Å². The molecule has 2 aliphatic heterocycles. The summed E-state index contributed by atoms with van der Waals surface area (Å²) in [5.41, 5.74) is 0.0230. The Morgan fingerprint density at radius 3 is 2.02 bits per heavy atom. The van der Waals surface area contributed by atoms with Gasteiger partial charge in [0, 0.05) is 29.2 Å². The average Bonchev–Trinajstić information content (AvgIpc) is 3.82. The first-order chi connectivity index (χ1) is 28.1. The number of hydrogen-bond donors (Lipinski definition) is 1. The van der Waals surface area contributed by atoms with Crippen LogP contribution in [0.25, 0.3) is 22.6 Å². The Morgan fingerprint density at radius 2 is 1.41 bits per heavy atom. The number of alkyl halides is 2. The number of carbonyl (C=O) groups excluding carboxylic acids is 4. The predicted octanol–water partition coefficient (Wildman–Crippen LogP) is 7.68. The molecule has 0 radical (unpaired) electrons. The van der Waals surface area contributed by atoms with E-state index in [4.69, 9.17) is 37.1 Å². The van der Waals surface area contributed by atoms with Gasteiger partial charge in [0.25, 0.3) is 11.8 Å². The maximum atomic E-state index is 15.4. The van der Waals surface area contributed by atoms with E-state index < -0.39 is 98.2 Å². The number of oxazole rings is 1. The Kier molecular flexibility index (Phi) is 8.66. The number of benzene rings is 4. The maximum Gasteiger partial charge on any atom is 0.258 e. The lowest BCUT2D eigenvalue weighted by Gasteiger charge is -2.51. The number of carbonyl (C=O) groups is 4. The van der Waals surface area contributed by atoms with Gasteiger partial charge in [0.15, 0.2) is 38.6 Å². The summed E-state index contributed by atoms with van der Waals surface area (Å²) in [5, 5.41) is 10.5. The van der Waals surface area contributed by atoms with Crippen LogP contribution >= 0.6 is 23.2 Å². The summed E-state index contributed by atoms with van der Waals surface area (Å²) in [6, 6.07) is 15.6. The van der Waals surface area contributed by atoms with Crippen LogP contribution in [0.1, 0.15) is 24.3 Å². The molecule has 9 rings (SSSR count). The number of fused-ring (bicyclic) bond motifs is 5. The van der Waals surface area contributed by atoms with Crippen molar-refractivity contribution in [2.45, 2.75) is 28.5 Å². The summed E-state index contributed by atoms with van der Waals surface area (Å²) in [4.78, 5) is 57.6. The first-order valence-corrected chi connectivity index (χ1v) is 18.6. The first-order valence-electron chi connectivity index (χ1n) is 17.9. The van der Waals surface area contributed by atoms with E-state index in [1.807, 2.05) is 0 Å². The van der Waals surface area contributed by atoms with Crippen LogP contribution in [0.5, 0.6) is 17.2 Å². The van der Waals surface area contributed by atoms with Crippen LogP contribution < -0.4 is 19.3 Å². The van der Waals surface area contributed by atoms with Crippen molar-refractivity contribution >= 4 is 69.3 Å². The number of amides is 4. The summed E-state index contributed by atoms with van der Waals surface area (Å²) in [7, 11) is 2.38. The Labute approximate surface area is 339 Å². The van der Waals surface area contributed by atoms with Gasteiger partial charge in [-0.25, -0.2) is 31.8 Å². The molecule has 4 amide bonds. The lowest BCUT2D eigenvalue weighted by molar-refractivity contribution is -0.125. The second-order valence-electron chi connectivity index (χ2n) is 14.5. The quantitative estimate of drug-likeness (QED) is 0.0455. The van der Waals surface area contributed by atoms with Crippen LogP contribution in [-0.2, 0) is 19.2 Å². The number of rotatable bonds is 6. The minimum absolute atomic E-state index is 0.108. The van der Waals surface area contributed by atoms with Gasteiger partial charge in [-0.15, -0.1) is 23.2 Å². The van der Waals surface area contributed by atoms with Gasteiger partial charge in [-0.05, 0) is 55.2 Å². The Morgan fingerprint density at radius 1 is 0.797 bits per heavy atom. The van der Waals surface area contributed by atoms with E-state index in [0.717, 1.165) is 17.0 Å². The molecule has 2 aliphatic carbocycles. The molecular formula is C41H26Cl2F5N3O8. The van der Waals surface area contributed by atoms with Crippen molar-refractivity contribution in [3.05, 3.63) is 107 Å². The third kappa shape index (κ3) is 5.08. The highest BCUT2D eigenvalue weighted by Crippen LogP contribution is 2.68. The number of para-hydroxylation sites is 2. The van der Waals surface area contributed by atoms with Gasteiger partial charge in [0.1, 0.15) is 28.5 Å². The largest absolute Gasteiger partial charge is 0.508 e. The lowest BCUT2D eigenvalue weighted by atomic mass is 9.56. The van der Waals surface area contributed by atoms with Crippen molar-refractivity contribution < 1.29 is 60.1 Å². The van der Waals surface area contributed by atoms with E-state index in [1.165, 1.54) is 32.4 Å². The van der Waals surface area contributed by atoms with E-state index >= 15 is 8.78 Å². The molecule has 18 heteroatoms. The van der Waals surface area contributed by atoms with E-state index in [9.17, 15) is 37.5 Å². The molecule has 0 bridgehead atoms. The van der Waals surface area contributed by atoms with Gasteiger partial charge in [-0.1, -0.05) is 23.8 Å². The van der Waals surface area contributed by atoms with Crippen molar-refractivity contribution in [1.82, 2.24) is 4.98 Å². The highest BCUT2D eigenvalue weighted by molar-refractivity contribution is 6.58. The molecular weight excluding hydrogens is 828 g/mol. The van der Waals surface area contributed by atoms with Gasteiger partial charge >= 0.3 is 0 Å². The molecule has 6 atom stereocenters. The van der Waals surface area contributed by atoms with Crippen LogP contribution in [0.4, 0.5) is 33.3 Å². The fourth-order valence-electron chi connectivity index (χ4n) is 9.10. The number of halogens is 7. The zero-order valence-corrected chi connectivity index (χ0v) is 31.9. The Balaban J connectivity index is 1.18. The number of imide groups is 2. The van der Waals surface area contributed by atoms with Crippen molar-refractivity contribution in [1.29, 1.82) is 0 Å². The molecule has 59 heavy (non-hydrogen) atoms. The van der Waals surface area contributed by atoms with Crippen LogP contribution in [0.2, 0.25) is 0 Å². The van der Waals surface area contributed by atoms with E-state index in [1.54, 1.807) is 36.4 Å². The Hall–Kier alpha value is -6.00. The highest BCUT2D eigenvalue weighted by Gasteiger charge is 2.77. The average molecular weight is 855 g/mol. The molecule has 11 nitrogen and oxygen atoms in total. The number of phenols is 1. The third-order valence-electron chi connectivity index (χ3n) is 11.7. The number of hydrogen-bond acceptors (Lipinski definition) is 9. The van der Waals surface area contributed by atoms with E-state index in [0.29, 0.717) is 22.6 Å². The van der Waals surface area contributed by atoms with Crippen molar-refractivity contribution in [3.63, 3.8) is 0 Å². The van der Waals surface area contributed by atoms with Crippen molar-refractivity contribution in [3.8, 4) is 28.7 Å².